The van der Waals surface area contributed by atoms with Crippen LogP contribution in [0.2, 0.25) is 0 Å². The van der Waals surface area contributed by atoms with E-state index in [1.807, 2.05) is 0 Å². The van der Waals surface area contributed by atoms with Crippen LogP contribution in [0.5, 0.6) is 0 Å². The second-order valence-electron chi connectivity index (χ2n) is 3.10. The van der Waals surface area contributed by atoms with Gasteiger partial charge in [0.25, 0.3) is 0 Å². The summed E-state index contributed by atoms with van der Waals surface area (Å²) < 4.78 is 2.07. The van der Waals surface area contributed by atoms with Gasteiger partial charge in [-0.1, -0.05) is 13.8 Å². The Balaban J connectivity index is 3.17. The summed E-state index contributed by atoms with van der Waals surface area (Å²) in [6, 6.07) is 0. The fourth-order valence-electron chi connectivity index (χ4n) is 1.77. The first-order chi connectivity index (χ1) is 6.28. The summed E-state index contributed by atoms with van der Waals surface area (Å²) in [5, 5.41) is 4.53. The monoisotopic (exact) mass is 181 g/mol. The number of nitrogens with two attached hydrogens (primary N) is 1. The molecule has 0 fully saturated rings. The van der Waals surface area contributed by atoms with Crippen molar-refractivity contribution in [2.45, 2.75) is 46.7 Å². The van der Waals surface area contributed by atoms with Gasteiger partial charge in [-0.15, -0.1) is 0 Å². The SMILES string of the molecule is CCc1nn(CC)c(CC)c1CN. The lowest BCUT2D eigenvalue weighted by Crippen LogP contribution is -2.05. The highest BCUT2D eigenvalue weighted by Crippen LogP contribution is 2.15. The summed E-state index contributed by atoms with van der Waals surface area (Å²) in [4.78, 5) is 0. The highest BCUT2D eigenvalue weighted by atomic mass is 15.3. The number of rotatable bonds is 4. The van der Waals surface area contributed by atoms with E-state index in [1.54, 1.807) is 0 Å². The van der Waals surface area contributed by atoms with Crippen molar-refractivity contribution in [3.63, 3.8) is 0 Å². The molecule has 0 amide bonds. The predicted molar refractivity (Wildman–Crippen MR) is 54.5 cm³/mol. The molecule has 0 unspecified atom stereocenters. The topological polar surface area (TPSA) is 43.8 Å². The molecule has 0 spiro atoms. The fourth-order valence-corrected chi connectivity index (χ4v) is 1.77. The Bertz CT molecular complexity index is 249. The zero-order valence-electron chi connectivity index (χ0n) is 8.80. The second-order valence-corrected chi connectivity index (χ2v) is 3.10. The van der Waals surface area contributed by atoms with E-state index in [4.69, 9.17) is 5.73 Å². The summed E-state index contributed by atoms with van der Waals surface area (Å²) in [7, 11) is 0. The van der Waals surface area contributed by atoms with Gasteiger partial charge in [0.1, 0.15) is 0 Å². The largest absolute Gasteiger partial charge is 0.326 e. The molecule has 1 heterocycles. The molecule has 0 bridgehead atoms. The maximum Gasteiger partial charge on any atom is 0.0669 e. The van der Waals surface area contributed by atoms with E-state index >= 15 is 0 Å². The maximum atomic E-state index is 5.72. The van der Waals surface area contributed by atoms with Gasteiger partial charge < -0.3 is 5.73 Å². The van der Waals surface area contributed by atoms with E-state index in [2.05, 4.69) is 30.6 Å². The molecule has 0 saturated heterocycles. The van der Waals surface area contributed by atoms with Crippen molar-refractivity contribution in [1.29, 1.82) is 0 Å². The third-order valence-electron chi connectivity index (χ3n) is 2.42. The van der Waals surface area contributed by atoms with Gasteiger partial charge in [-0.2, -0.15) is 5.10 Å². The molecular weight excluding hydrogens is 162 g/mol. The zero-order chi connectivity index (χ0) is 9.84. The standard InChI is InChI=1S/C10H19N3/c1-4-9-8(7-11)10(5-2)13(6-3)12-9/h4-7,11H2,1-3H3. The van der Waals surface area contributed by atoms with Crippen LogP contribution in [0.1, 0.15) is 37.7 Å². The van der Waals surface area contributed by atoms with Gasteiger partial charge in [-0.25, -0.2) is 0 Å². The molecule has 0 aliphatic heterocycles. The first kappa shape index (κ1) is 10.3. The smallest absolute Gasteiger partial charge is 0.0669 e. The molecule has 3 nitrogen and oxygen atoms in total. The van der Waals surface area contributed by atoms with Gasteiger partial charge in [0.05, 0.1) is 5.69 Å². The van der Waals surface area contributed by atoms with Gasteiger partial charge in [-0.3, -0.25) is 4.68 Å². The van der Waals surface area contributed by atoms with Crippen molar-refractivity contribution < 1.29 is 0 Å². The van der Waals surface area contributed by atoms with Crippen molar-refractivity contribution in [2.75, 3.05) is 0 Å². The average molecular weight is 181 g/mol. The lowest BCUT2D eigenvalue weighted by atomic mass is 10.1. The predicted octanol–water partition coefficient (Wildman–Crippen LogP) is 1.49. The van der Waals surface area contributed by atoms with E-state index in [1.165, 1.54) is 17.0 Å². The summed E-state index contributed by atoms with van der Waals surface area (Å²) in [5.41, 5.74) is 9.45. The van der Waals surface area contributed by atoms with Crippen LogP contribution in [0.3, 0.4) is 0 Å². The van der Waals surface area contributed by atoms with Crippen LogP contribution in [0.15, 0.2) is 0 Å². The molecular formula is C10H19N3. The van der Waals surface area contributed by atoms with Gasteiger partial charge in [0, 0.05) is 24.3 Å². The Morgan fingerprint density at radius 2 is 1.92 bits per heavy atom. The highest BCUT2D eigenvalue weighted by Gasteiger charge is 2.12. The lowest BCUT2D eigenvalue weighted by molar-refractivity contribution is 0.617. The van der Waals surface area contributed by atoms with Crippen molar-refractivity contribution >= 4 is 0 Å². The normalized spacial score (nSPS) is 10.8. The fraction of sp³-hybridized carbons (Fsp3) is 0.700. The van der Waals surface area contributed by atoms with Gasteiger partial charge in [-0.05, 0) is 19.8 Å². The van der Waals surface area contributed by atoms with Gasteiger partial charge in [0.2, 0.25) is 0 Å². The van der Waals surface area contributed by atoms with E-state index < -0.39 is 0 Å². The third-order valence-corrected chi connectivity index (χ3v) is 2.42. The van der Waals surface area contributed by atoms with E-state index in [0.29, 0.717) is 6.54 Å². The Hall–Kier alpha value is -0.830. The van der Waals surface area contributed by atoms with E-state index in [9.17, 15) is 0 Å². The molecule has 74 valence electrons. The molecule has 0 aliphatic carbocycles. The number of aryl methyl sites for hydroxylation is 2. The quantitative estimate of drug-likeness (QED) is 0.764. The minimum atomic E-state index is 0.617. The number of aromatic nitrogens is 2. The minimum Gasteiger partial charge on any atom is -0.326 e. The summed E-state index contributed by atoms with van der Waals surface area (Å²) in [6.45, 7) is 7.96. The molecule has 0 saturated carbocycles. The lowest BCUT2D eigenvalue weighted by Gasteiger charge is -2.02. The molecule has 0 atom stereocenters. The van der Waals surface area contributed by atoms with E-state index in [-0.39, 0.29) is 0 Å². The maximum absolute atomic E-state index is 5.72. The van der Waals surface area contributed by atoms with Crippen LogP contribution in [-0.4, -0.2) is 9.78 Å². The van der Waals surface area contributed by atoms with Gasteiger partial charge >= 0.3 is 0 Å². The summed E-state index contributed by atoms with van der Waals surface area (Å²) in [5.74, 6) is 0. The first-order valence-corrected chi connectivity index (χ1v) is 5.05. The zero-order valence-corrected chi connectivity index (χ0v) is 8.80. The van der Waals surface area contributed by atoms with Crippen molar-refractivity contribution in [3.05, 3.63) is 17.0 Å². The first-order valence-electron chi connectivity index (χ1n) is 5.05. The van der Waals surface area contributed by atoms with Crippen LogP contribution in [-0.2, 0) is 25.9 Å². The molecule has 0 aromatic carbocycles. The molecule has 0 aliphatic rings. The molecule has 2 N–H and O–H groups in total. The van der Waals surface area contributed by atoms with Crippen LogP contribution in [0.4, 0.5) is 0 Å². The number of hydrogen-bond donors (Lipinski definition) is 1. The van der Waals surface area contributed by atoms with Crippen LogP contribution >= 0.6 is 0 Å². The average Bonchev–Trinajstić information content (AvgIpc) is 2.54. The Kier molecular flexibility index (Phi) is 3.48. The molecule has 1 aromatic rings. The van der Waals surface area contributed by atoms with Crippen LogP contribution in [0, 0.1) is 0 Å². The highest BCUT2D eigenvalue weighted by molar-refractivity contribution is 5.26. The van der Waals surface area contributed by atoms with E-state index in [0.717, 1.165) is 19.4 Å². The molecule has 1 rings (SSSR count). The van der Waals surface area contributed by atoms with Crippen molar-refractivity contribution in [1.82, 2.24) is 9.78 Å². The second kappa shape index (κ2) is 4.42. The Morgan fingerprint density at radius 1 is 1.23 bits per heavy atom. The van der Waals surface area contributed by atoms with Crippen LogP contribution < -0.4 is 5.73 Å². The summed E-state index contributed by atoms with van der Waals surface area (Å²) >= 11 is 0. The molecule has 1 aromatic heterocycles. The van der Waals surface area contributed by atoms with Crippen molar-refractivity contribution in [2.24, 2.45) is 5.73 Å². The van der Waals surface area contributed by atoms with Crippen LogP contribution in [0.25, 0.3) is 0 Å². The van der Waals surface area contributed by atoms with Gasteiger partial charge in [0.15, 0.2) is 0 Å². The Morgan fingerprint density at radius 3 is 2.31 bits per heavy atom. The number of hydrogen-bond acceptors (Lipinski definition) is 2. The minimum absolute atomic E-state index is 0.617. The molecule has 13 heavy (non-hydrogen) atoms. The third kappa shape index (κ3) is 1.75. The van der Waals surface area contributed by atoms with Crippen molar-refractivity contribution in [3.8, 4) is 0 Å². The number of nitrogens with zero attached hydrogens (tertiary/aromatic N) is 2. The molecule has 0 radical (unpaired) electrons. The molecule has 3 heteroatoms. The summed E-state index contributed by atoms with van der Waals surface area (Å²) in [6.07, 6.45) is 2.00. The Labute approximate surface area is 79.9 Å².